The molecule has 0 radical (unpaired) electrons. The predicted octanol–water partition coefficient (Wildman–Crippen LogP) is 4.18. The molecule has 2 nitrogen and oxygen atoms in total. The molecule has 108 valence electrons. The Hall–Kier alpha value is -1.02. The molecular formula is C17H29NO. The molecule has 1 aromatic rings. The van der Waals surface area contributed by atoms with Crippen molar-refractivity contribution in [3.63, 3.8) is 0 Å². The zero-order chi connectivity index (χ0) is 14.3. The van der Waals surface area contributed by atoms with Crippen LogP contribution in [0.4, 0.5) is 0 Å². The Balaban J connectivity index is 2.29. The zero-order valence-corrected chi connectivity index (χ0v) is 13.1. The summed E-state index contributed by atoms with van der Waals surface area (Å²) < 4.78 is 5.71. The highest BCUT2D eigenvalue weighted by Crippen LogP contribution is 2.16. The van der Waals surface area contributed by atoms with Gasteiger partial charge in [-0.25, -0.2) is 0 Å². The van der Waals surface area contributed by atoms with Crippen molar-refractivity contribution in [1.82, 2.24) is 5.32 Å². The fourth-order valence-corrected chi connectivity index (χ4v) is 1.96. The molecule has 0 aromatic heterocycles. The van der Waals surface area contributed by atoms with Crippen molar-refractivity contribution in [2.45, 2.75) is 65.5 Å². The van der Waals surface area contributed by atoms with E-state index in [4.69, 9.17) is 4.74 Å². The molecule has 0 saturated carbocycles. The maximum atomic E-state index is 5.71. The van der Waals surface area contributed by atoms with Crippen LogP contribution in [0.5, 0.6) is 5.75 Å². The van der Waals surface area contributed by atoms with E-state index in [0.717, 1.165) is 18.7 Å². The van der Waals surface area contributed by atoms with Gasteiger partial charge in [-0.2, -0.15) is 0 Å². The summed E-state index contributed by atoms with van der Waals surface area (Å²) in [5.74, 6) is 0.986. The molecule has 0 saturated heterocycles. The van der Waals surface area contributed by atoms with Crippen molar-refractivity contribution >= 4 is 0 Å². The molecule has 0 aliphatic heterocycles. The second kappa shape index (κ2) is 7.54. The number of nitrogens with one attached hydrogen (secondary N) is 1. The number of rotatable bonds is 7. The van der Waals surface area contributed by atoms with Gasteiger partial charge in [0.2, 0.25) is 0 Å². The van der Waals surface area contributed by atoms with Crippen LogP contribution < -0.4 is 10.1 Å². The molecule has 0 aliphatic rings. The highest BCUT2D eigenvalue weighted by molar-refractivity contribution is 5.28. The molecule has 0 heterocycles. The molecule has 0 atom stereocenters. The number of hydrogen-bond acceptors (Lipinski definition) is 2. The first kappa shape index (κ1) is 16.0. The second-order valence-corrected chi connectivity index (χ2v) is 6.45. The largest absolute Gasteiger partial charge is 0.491 e. The van der Waals surface area contributed by atoms with E-state index in [2.05, 4.69) is 58.1 Å². The zero-order valence-electron chi connectivity index (χ0n) is 13.1. The minimum atomic E-state index is 0.227. The van der Waals surface area contributed by atoms with Crippen molar-refractivity contribution in [2.75, 3.05) is 6.54 Å². The van der Waals surface area contributed by atoms with Gasteiger partial charge in [0.25, 0.3) is 0 Å². The Labute approximate surface area is 118 Å². The van der Waals surface area contributed by atoms with Crippen LogP contribution in [0.1, 0.15) is 53.0 Å². The van der Waals surface area contributed by atoms with Crippen LogP contribution in [0.25, 0.3) is 0 Å². The number of benzene rings is 1. The average molecular weight is 263 g/mol. The standard InChI is InChI=1S/C17H29NO/c1-14(2)19-16-11-8-10-15(13-16)9-6-7-12-18-17(3,4)5/h8,10-11,13-14,18H,6-7,9,12H2,1-5H3. The summed E-state index contributed by atoms with van der Waals surface area (Å²) >= 11 is 0. The quantitative estimate of drug-likeness (QED) is 0.745. The lowest BCUT2D eigenvalue weighted by molar-refractivity contribution is 0.242. The molecule has 0 amide bonds. The third-order valence-electron chi connectivity index (χ3n) is 2.82. The van der Waals surface area contributed by atoms with E-state index in [9.17, 15) is 0 Å². The van der Waals surface area contributed by atoms with E-state index in [1.54, 1.807) is 0 Å². The predicted molar refractivity (Wildman–Crippen MR) is 82.9 cm³/mol. The topological polar surface area (TPSA) is 21.3 Å². The van der Waals surface area contributed by atoms with Gasteiger partial charge in [-0.15, -0.1) is 0 Å². The average Bonchev–Trinajstić information content (AvgIpc) is 2.26. The first-order chi connectivity index (χ1) is 8.87. The summed E-state index contributed by atoms with van der Waals surface area (Å²) in [5.41, 5.74) is 1.60. The normalized spacial score (nSPS) is 11.9. The van der Waals surface area contributed by atoms with Crippen molar-refractivity contribution in [1.29, 1.82) is 0 Å². The molecule has 0 unspecified atom stereocenters. The molecule has 0 spiro atoms. The fraction of sp³-hybridized carbons (Fsp3) is 0.647. The van der Waals surface area contributed by atoms with Crippen molar-refractivity contribution < 1.29 is 4.74 Å². The van der Waals surface area contributed by atoms with Gasteiger partial charge in [0.15, 0.2) is 0 Å². The van der Waals surface area contributed by atoms with Gasteiger partial charge in [0.1, 0.15) is 5.75 Å². The Morgan fingerprint density at radius 2 is 1.89 bits per heavy atom. The van der Waals surface area contributed by atoms with Crippen LogP contribution in [0.3, 0.4) is 0 Å². The first-order valence-electron chi connectivity index (χ1n) is 7.37. The molecule has 0 bridgehead atoms. The number of unbranched alkanes of at least 4 members (excludes halogenated alkanes) is 1. The molecule has 1 N–H and O–H groups in total. The van der Waals surface area contributed by atoms with Crippen molar-refractivity contribution in [3.8, 4) is 5.75 Å². The smallest absolute Gasteiger partial charge is 0.119 e. The number of ether oxygens (including phenoxy) is 1. The van der Waals surface area contributed by atoms with Gasteiger partial charge in [-0.05, 0) is 78.1 Å². The van der Waals surface area contributed by atoms with Crippen LogP contribution in [0, 0.1) is 0 Å². The highest BCUT2D eigenvalue weighted by atomic mass is 16.5. The molecule has 0 fully saturated rings. The number of aryl methyl sites for hydroxylation is 1. The maximum Gasteiger partial charge on any atom is 0.119 e. The molecule has 0 aliphatic carbocycles. The van der Waals surface area contributed by atoms with E-state index < -0.39 is 0 Å². The summed E-state index contributed by atoms with van der Waals surface area (Å²) in [5, 5.41) is 3.52. The van der Waals surface area contributed by atoms with Crippen molar-refractivity contribution in [2.24, 2.45) is 0 Å². The van der Waals surface area contributed by atoms with Gasteiger partial charge in [-0.1, -0.05) is 12.1 Å². The second-order valence-electron chi connectivity index (χ2n) is 6.45. The van der Waals surface area contributed by atoms with Crippen LogP contribution in [0.2, 0.25) is 0 Å². The Bertz CT molecular complexity index is 366. The SMILES string of the molecule is CC(C)Oc1cccc(CCCCNC(C)(C)C)c1. The molecule has 1 rings (SSSR count). The van der Waals surface area contributed by atoms with Gasteiger partial charge in [0, 0.05) is 5.54 Å². The van der Waals surface area contributed by atoms with Gasteiger partial charge < -0.3 is 10.1 Å². The highest BCUT2D eigenvalue weighted by Gasteiger charge is 2.07. The third-order valence-corrected chi connectivity index (χ3v) is 2.82. The van der Waals surface area contributed by atoms with Gasteiger partial charge >= 0.3 is 0 Å². The minimum Gasteiger partial charge on any atom is -0.491 e. The lowest BCUT2D eigenvalue weighted by Crippen LogP contribution is -2.36. The van der Waals surface area contributed by atoms with E-state index >= 15 is 0 Å². The Kier molecular flexibility index (Phi) is 6.36. The minimum absolute atomic E-state index is 0.227. The summed E-state index contributed by atoms with van der Waals surface area (Å²) in [6.07, 6.45) is 3.80. The third kappa shape index (κ3) is 7.89. The first-order valence-corrected chi connectivity index (χ1v) is 7.37. The molecule has 1 aromatic carbocycles. The summed E-state index contributed by atoms with van der Waals surface area (Å²) in [7, 11) is 0. The summed E-state index contributed by atoms with van der Waals surface area (Å²) in [6.45, 7) is 11.8. The fourth-order valence-electron chi connectivity index (χ4n) is 1.96. The van der Waals surface area contributed by atoms with Crippen LogP contribution in [0.15, 0.2) is 24.3 Å². The Morgan fingerprint density at radius 3 is 2.53 bits per heavy atom. The van der Waals surface area contributed by atoms with E-state index in [0.29, 0.717) is 0 Å². The van der Waals surface area contributed by atoms with E-state index in [1.165, 1.54) is 18.4 Å². The molecule has 19 heavy (non-hydrogen) atoms. The monoisotopic (exact) mass is 263 g/mol. The maximum absolute atomic E-state index is 5.71. The molecular weight excluding hydrogens is 234 g/mol. The summed E-state index contributed by atoms with van der Waals surface area (Å²) in [6, 6.07) is 8.46. The number of hydrogen-bond donors (Lipinski definition) is 1. The van der Waals surface area contributed by atoms with Gasteiger partial charge in [-0.3, -0.25) is 0 Å². The lowest BCUT2D eigenvalue weighted by atomic mass is 10.1. The van der Waals surface area contributed by atoms with Crippen LogP contribution in [-0.4, -0.2) is 18.2 Å². The Morgan fingerprint density at radius 1 is 1.16 bits per heavy atom. The lowest BCUT2D eigenvalue weighted by Gasteiger charge is -2.20. The molecule has 2 heteroatoms. The van der Waals surface area contributed by atoms with E-state index in [1.807, 2.05) is 6.07 Å². The van der Waals surface area contributed by atoms with Gasteiger partial charge in [0.05, 0.1) is 6.10 Å². The van der Waals surface area contributed by atoms with E-state index in [-0.39, 0.29) is 11.6 Å². The van der Waals surface area contributed by atoms with Crippen molar-refractivity contribution in [3.05, 3.63) is 29.8 Å². The van der Waals surface area contributed by atoms with Crippen LogP contribution >= 0.6 is 0 Å². The summed E-state index contributed by atoms with van der Waals surface area (Å²) in [4.78, 5) is 0. The van der Waals surface area contributed by atoms with Crippen LogP contribution in [-0.2, 0) is 6.42 Å².